The van der Waals surface area contributed by atoms with Crippen LogP contribution in [0.25, 0.3) is 0 Å². The van der Waals surface area contributed by atoms with Gasteiger partial charge in [-0.1, -0.05) is 0 Å². The molecule has 0 spiro atoms. The molecule has 0 aromatic heterocycles. The van der Waals surface area contributed by atoms with Crippen LogP contribution in [0, 0.1) is 20.8 Å². The Kier molecular flexibility index (Phi) is 3.32. The molecule has 16 heavy (non-hydrogen) atoms. The summed E-state index contributed by atoms with van der Waals surface area (Å²) in [7, 11) is 1.79. The van der Waals surface area contributed by atoms with Crippen molar-refractivity contribution >= 4 is 19.4 Å². The predicted octanol–water partition coefficient (Wildman–Crippen LogP) is 2.70. The molecule has 0 saturated carbocycles. The average molecular weight is 283 g/mol. The summed E-state index contributed by atoms with van der Waals surface area (Å²) in [5.74, 6) is 1.11. The fourth-order valence-corrected chi connectivity index (χ4v) is 5.59. The molecule has 0 fully saturated rings. The molecule has 0 amide bonds. The van der Waals surface area contributed by atoms with E-state index in [9.17, 15) is 0 Å². The van der Waals surface area contributed by atoms with E-state index in [0.29, 0.717) is 15.0 Å². The molecule has 1 aliphatic heterocycles. The molecular formula is C14H20OSe. The van der Waals surface area contributed by atoms with E-state index in [4.69, 9.17) is 4.74 Å². The molecule has 2 heteroatoms. The van der Waals surface area contributed by atoms with Crippen molar-refractivity contribution in [1.29, 1.82) is 0 Å². The molecule has 88 valence electrons. The Morgan fingerprint density at radius 2 is 1.88 bits per heavy atom. The van der Waals surface area contributed by atoms with E-state index < -0.39 is 0 Å². The van der Waals surface area contributed by atoms with E-state index in [1.54, 1.807) is 17.1 Å². The van der Waals surface area contributed by atoms with E-state index in [1.165, 1.54) is 29.5 Å². The quantitative estimate of drug-likeness (QED) is 0.758. The Hall–Kier alpha value is -0.461. The molecule has 1 nitrogen and oxygen atoms in total. The van der Waals surface area contributed by atoms with Crippen LogP contribution >= 0.6 is 0 Å². The van der Waals surface area contributed by atoms with Gasteiger partial charge in [0.25, 0.3) is 0 Å². The summed E-state index contributed by atoms with van der Waals surface area (Å²) < 4.78 is 7.22. The maximum atomic E-state index is 5.56. The van der Waals surface area contributed by atoms with Crippen LogP contribution in [0.1, 0.15) is 35.6 Å². The second kappa shape index (κ2) is 4.43. The first-order chi connectivity index (χ1) is 7.60. The van der Waals surface area contributed by atoms with Crippen molar-refractivity contribution in [3.05, 3.63) is 22.3 Å². The van der Waals surface area contributed by atoms with Crippen LogP contribution in [0.4, 0.5) is 0 Å². The number of rotatable bonds is 2. The third kappa shape index (κ3) is 1.69. The number of ether oxygens (including phenoxy) is 1. The van der Waals surface area contributed by atoms with Crippen molar-refractivity contribution in [2.45, 2.75) is 45.4 Å². The third-order valence-electron chi connectivity index (χ3n) is 3.69. The van der Waals surface area contributed by atoms with Crippen LogP contribution < -0.4 is 9.20 Å². The Labute approximate surface area is 105 Å². The zero-order valence-corrected chi connectivity index (χ0v) is 12.5. The Bertz CT molecular complexity index is 423. The van der Waals surface area contributed by atoms with Gasteiger partial charge in [0.05, 0.1) is 0 Å². The average Bonchev–Trinajstić information content (AvgIpc) is 2.71. The van der Waals surface area contributed by atoms with E-state index in [1.807, 2.05) is 0 Å². The molecule has 0 aliphatic carbocycles. The van der Waals surface area contributed by atoms with Gasteiger partial charge >= 0.3 is 105 Å². The summed E-state index contributed by atoms with van der Waals surface area (Å²) in [4.78, 5) is 0.909. The molecule has 1 unspecified atom stereocenters. The van der Waals surface area contributed by atoms with Gasteiger partial charge in [0, 0.05) is 0 Å². The van der Waals surface area contributed by atoms with Gasteiger partial charge in [-0.3, -0.25) is 0 Å². The number of hydrogen-bond acceptors (Lipinski definition) is 1. The van der Waals surface area contributed by atoms with Gasteiger partial charge in [-0.25, -0.2) is 0 Å². The molecule has 0 bridgehead atoms. The SMILES string of the molecule is CCC1Cc2c(C)c(OC)c(C)c(C)c2[Se]1. The predicted molar refractivity (Wildman–Crippen MR) is 70.3 cm³/mol. The van der Waals surface area contributed by atoms with Crippen LogP contribution in [-0.4, -0.2) is 22.1 Å². The minimum absolute atomic E-state index is 0.677. The van der Waals surface area contributed by atoms with Crippen molar-refractivity contribution in [2.24, 2.45) is 0 Å². The Morgan fingerprint density at radius 1 is 1.19 bits per heavy atom. The van der Waals surface area contributed by atoms with Gasteiger partial charge in [-0.15, -0.1) is 0 Å². The summed E-state index contributed by atoms with van der Waals surface area (Å²) >= 11 is 0.677. The topological polar surface area (TPSA) is 9.23 Å². The van der Waals surface area contributed by atoms with E-state index >= 15 is 0 Å². The molecule has 1 heterocycles. The fourth-order valence-electron chi connectivity index (χ4n) is 2.53. The van der Waals surface area contributed by atoms with Gasteiger partial charge < -0.3 is 0 Å². The van der Waals surface area contributed by atoms with Crippen molar-refractivity contribution in [1.82, 2.24) is 0 Å². The monoisotopic (exact) mass is 284 g/mol. The second-order valence-corrected chi connectivity index (χ2v) is 7.32. The second-order valence-electron chi connectivity index (χ2n) is 4.57. The van der Waals surface area contributed by atoms with Gasteiger partial charge in [0.15, 0.2) is 0 Å². The van der Waals surface area contributed by atoms with E-state index in [-0.39, 0.29) is 0 Å². The first-order valence-electron chi connectivity index (χ1n) is 5.93. The summed E-state index contributed by atoms with van der Waals surface area (Å²) in [6.07, 6.45) is 2.59. The number of fused-ring (bicyclic) bond motifs is 1. The van der Waals surface area contributed by atoms with E-state index in [0.717, 1.165) is 10.6 Å². The van der Waals surface area contributed by atoms with Crippen LogP contribution in [0.3, 0.4) is 0 Å². The summed E-state index contributed by atoms with van der Waals surface area (Å²) in [6, 6.07) is 0. The third-order valence-corrected chi connectivity index (χ3v) is 7.09. The number of methoxy groups -OCH3 is 1. The Balaban J connectivity index is 2.58. The molecule has 1 atom stereocenters. The van der Waals surface area contributed by atoms with Crippen LogP contribution in [0.2, 0.25) is 4.82 Å². The zero-order valence-electron chi connectivity index (χ0n) is 10.8. The van der Waals surface area contributed by atoms with Gasteiger partial charge in [0.1, 0.15) is 0 Å². The first-order valence-corrected chi connectivity index (χ1v) is 7.77. The van der Waals surface area contributed by atoms with Crippen molar-refractivity contribution < 1.29 is 4.74 Å². The Morgan fingerprint density at radius 3 is 2.44 bits per heavy atom. The molecule has 1 aromatic carbocycles. The van der Waals surface area contributed by atoms with Crippen molar-refractivity contribution in [2.75, 3.05) is 7.11 Å². The van der Waals surface area contributed by atoms with Crippen molar-refractivity contribution in [3.8, 4) is 5.75 Å². The van der Waals surface area contributed by atoms with Crippen molar-refractivity contribution in [3.63, 3.8) is 0 Å². The van der Waals surface area contributed by atoms with Gasteiger partial charge in [-0.05, 0) is 0 Å². The van der Waals surface area contributed by atoms with Gasteiger partial charge in [0.2, 0.25) is 0 Å². The molecule has 1 aromatic rings. The molecule has 0 radical (unpaired) electrons. The normalized spacial score (nSPS) is 18.7. The fraction of sp³-hybridized carbons (Fsp3) is 0.571. The molecule has 2 rings (SSSR count). The van der Waals surface area contributed by atoms with Crippen LogP contribution in [0.5, 0.6) is 5.75 Å². The van der Waals surface area contributed by atoms with E-state index in [2.05, 4.69) is 27.7 Å². The number of benzene rings is 1. The maximum absolute atomic E-state index is 5.56. The van der Waals surface area contributed by atoms with Gasteiger partial charge in [-0.2, -0.15) is 0 Å². The first kappa shape index (κ1) is 12.0. The molecule has 1 aliphatic rings. The zero-order chi connectivity index (χ0) is 11.9. The summed E-state index contributed by atoms with van der Waals surface area (Å²) in [5, 5.41) is 0. The van der Waals surface area contributed by atoms with Crippen LogP contribution in [0.15, 0.2) is 0 Å². The minimum atomic E-state index is 0.677. The molecular weight excluding hydrogens is 263 g/mol. The summed E-state index contributed by atoms with van der Waals surface area (Å²) in [5.41, 5.74) is 5.80. The molecule has 0 saturated heterocycles. The standard InChI is InChI=1S/C14H20OSe/c1-6-11-7-12-10(4)13(15-5)8(2)9(3)14(12)16-11/h11H,6-7H2,1-5H3. The molecule has 0 N–H and O–H groups in total. The summed E-state index contributed by atoms with van der Waals surface area (Å²) in [6.45, 7) is 8.98. The number of hydrogen-bond donors (Lipinski definition) is 0. The van der Waals surface area contributed by atoms with Crippen LogP contribution in [-0.2, 0) is 6.42 Å².